The van der Waals surface area contributed by atoms with Crippen LogP contribution >= 0.6 is 15.6 Å². The smallest absolute Gasteiger partial charge is 0.308 e. The largest absolute Gasteiger partial charge is 0.756 e. The molecule has 0 aliphatic heterocycles. The lowest BCUT2D eigenvalue weighted by Gasteiger charge is -2.25. The number of hydrogen-bond donors (Lipinski definition) is 1. The van der Waals surface area contributed by atoms with Crippen LogP contribution < -0.4 is 15.1 Å². The Morgan fingerprint density at radius 2 is 0.583 bits per heavy atom. The summed E-state index contributed by atoms with van der Waals surface area (Å²) in [6.45, 7) is 11.8. The van der Waals surface area contributed by atoms with E-state index in [1.165, 1.54) is 250 Å². The molecule has 1 amide bonds. The van der Waals surface area contributed by atoms with E-state index < -0.39 is 83.4 Å². The molecule has 708 valence electrons. The van der Waals surface area contributed by atoms with Gasteiger partial charge in [0.15, 0.2) is 6.10 Å². The van der Waals surface area contributed by atoms with Crippen LogP contribution in [-0.2, 0) is 98.7 Å². The lowest BCUT2D eigenvalue weighted by atomic mass is 10.0. The third-order valence-electron chi connectivity index (χ3n) is 21.2. The molecule has 0 aliphatic rings. The van der Waals surface area contributed by atoms with Gasteiger partial charge in [0.1, 0.15) is 30.9 Å². The average molecular weight is 1750 g/mol. The van der Waals surface area contributed by atoms with Crippen LogP contribution in [0.15, 0.2) is 0 Å². The maximum atomic E-state index is 12.9. The number of unbranched alkanes of at least 4 members (excludes halogenated alkanes) is 50. The van der Waals surface area contributed by atoms with Gasteiger partial charge in [-0.3, -0.25) is 47.5 Å². The minimum atomic E-state index is -4.83. The molecule has 24 nitrogen and oxygen atoms in total. The monoisotopic (exact) mass is 1750 g/mol. The fourth-order valence-electron chi connectivity index (χ4n) is 13.7. The van der Waals surface area contributed by atoms with Crippen LogP contribution in [-0.4, -0.2) is 139 Å². The van der Waals surface area contributed by atoms with Crippen molar-refractivity contribution in [3.05, 3.63) is 0 Å². The van der Waals surface area contributed by atoms with E-state index >= 15 is 0 Å². The maximum Gasteiger partial charge on any atom is 0.308 e. The number of carbonyl (C=O) groups excluding carboxylic acids is 8. The first kappa shape index (κ1) is 118. The molecule has 0 radical (unpaired) electrons. The number of esters is 5. The predicted octanol–water partition coefficient (Wildman–Crippen LogP) is 23.6. The minimum absolute atomic E-state index is 0.00703. The zero-order chi connectivity index (χ0) is 88.4. The van der Waals surface area contributed by atoms with Crippen molar-refractivity contribution in [2.24, 2.45) is 0 Å². The van der Waals surface area contributed by atoms with Crippen molar-refractivity contribution < 1.29 is 109 Å². The van der Waals surface area contributed by atoms with Crippen LogP contribution in [0.4, 0.5) is 0 Å². The second kappa shape index (κ2) is 91.5. The van der Waals surface area contributed by atoms with Gasteiger partial charge in [-0.1, -0.05) is 356 Å². The first-order chi connectivity index (χ1) is 58.3. The predicted molar refractivity (Wildman–Crippen MR) is 475 cm³/mol. The summed E-state index contributed by atoms with van der Waals surface area (Å²) in [7, 11) is -9.61. The molecule has 0 spiro atoms. The number of rotatable bonds is 94. The zero-order valence-corrected chi connectivity index (χ0v) is 78.9. The highest BCUT2D eigenvalue weighted by atomic mass is 31.2. The van der Waals surface area contributed by atoms with Gasteiger partial charge in [0.05, 0.1) is 65.7 Å². The maximum absolute atomic E-state index is 12.9. The molecule has 0 aromatic rings. The molecule has 4 atom stereocenters. The van der Waals surface area contributed by atoms with Crippen LogP contribution in [0, 0.1) is 0 Å². The molecule has 0 bridgehead atoms. The first-order valence-electron chi connectivity index (χ1n) is 48.8. The highest BCUT2D eigenvalue weighted by Gasteiger charge is 2.24. The molecule has 0 aliphatic carbocycles. The van der Waals surface area contributed by atoms with Crippen molar-refractivity contribution in [1.29, 1.82) is 0 Å². The summed E-state index contributed by atoms with van der Waals surface area (Å²) in [4.78, 5) is 123. The van der Waals surface area contributed by atoms with E-state index in [4.69, 9.17) is 51.3 Å². The van der Waals surface area contributed by atoms with Gasteiger partial charge in [0, 0.05) is 64.5 Å². The molecule has 0 heterocycles. The number of ether oxygens (including phenoxy) is 7. The number of amides is 1. The summed E-state index contributed by atoms with van der Waals surface area (Å²) in [6.07, 6.45) is 65.1. The molecule has 0 aromatic heterocycles. The molecule has 4 unspecified atom stereocenters. The highest BCUT2D eigenvalue weighted by molar-refractivity contribution is 7.46. The fourth-order valence-corrected chi connectivity index (χ4v) is 15.2. The highest BCUT2D eigenvalue weighted by Crippen LogP contribution is 2.40. The van der Waals surface area contributed by atoms with Crippen molar-refractivity contribution in [2.45, 2.75) is 478 Å². The molecule has 26 heteroatoms. The number of phosphoric acid groups is 2. The van der Waals surface area contributed by atoms with Gasteiger partial charge in [-0.2, -0.15) is 0 Å². The Morgan fingerprint density at radius 1 is 0.267 bits per heavy atom. The van der Waals surface area contributed by atoms with E-state index in [0.717, 1.165) is 77.0 Å². The van der Waals surface area contributed by atoms with Crippen LogP contribution in [0.1, 0.15) is 465 Å². The third kappa shape index (κ3) is 92.0. The van der Waals surface area contributed by atoms with E-state index in [-0.39, 0.29) is 122 Å². The van der Waals surface area contributed by atoms with Crippen LogP contribution in [0.2, 0.25) is 0 Å². The molecule has 0 aromatic carbocycles. The van der Waals surface area contributed by atoms with Crippen molar-refractivity contribution in [2.75, 3.05) is 79.2 Å². The second-order valence-corrected chi connectivity index (χ2v) is 35.5. The lowest BCUT2D eigenvalue weighted by molar-refractivity contribution is -0.229. The van der Waals surface area contributed by atoms with Crippen molar-refractivity contribution in [3.63, 3.8) is 0 Å². The number of ketones is 2. The Hall–Kier alpha value is -3.70. The first-order valence-corrected chi connectivity index (χ1v) is 51.7. The molecule has 1 N–H and O–H groups in total. The molecule has 120 heavy (non-hydrogen) atoms. The number of nitrogens with one attached hydrogen (secondary N) is 1. The van der Waals surface area contributed by atoms with E-state index in [2.05, 4.69) is 33.0 Å². The van der Waals surface area contributed by atoms with Crippen LogP contribution in [0.25, 0.3) is 0 Å². The Bertz CT molecular complexity index is 2480. The molecule has 0 saturated heterocycles. The molecular formula is C94H177NO23P2-2. The standard InChI is InChI=1S/C53H101O12P.C41H78NO11P/c1-4-7-9-11-13-15-17-19-21-23-25-27-29-31-33-36-49(54)39-40-51(65-53(57)38-34-32-30-28-26-24-22-20-18-16-14-12-10-8-5-2)48-64-66(58,59)63-43-35-37-50(55)41-45-62-52(56)42-44-61-47-46-60-6-3;1-4-7-9-11-13-15-17-19-21-23-25-27-29-40(45)50-35-37(53-41(46)30-28-26-24-22-20-18-16-14-12-10-8-5-2)36-52-54(47,48)51-34-32-42-38(43)31-33-49-39(44)6-3/h51H,4-48H2,1-3H3,(H,58,59);37H,4-36H2,1-3H3,(H,42,43)(H,47,48)/p-2. The summed E-state index contributed by atoms with van der Waals surface area (Å²) < 4.78 is 81.8. The molecular weight excluding hydrogens is 1570 g/mol. The number of hydrogen-bond acceptors (Lipinski definition) is 23. The number of phosphoric ester groups is 2. The Morgan fingerprint density at radius 3 is 0.983 bits per heavy atom. The van der Waals surface area contributed by atoms with Gasteiger partial charge in [-0.25, -0.2) is 0 Å². The van der Waals surface area contributed by atoms with Gasteiger partial charge >= 0.3 is 29.8 Å². The fraction of sp³-hybridized carbons (Fsp3) is 0.915. The topological polar surface area (TPSA) is 330 Å². The Kier molecular flexibility index (Phi) is 90.2. The third-order valence-corrected chi connectivity index (χ3v) is 23.1. The SMILES string of the molecule is CCCCCCCCCCCCCCC(=O)OCC(COP(=O)([O-])OCCNC(=O)CCOC(=O)CC)OC(=O)CCCCCCCCCCCCCC.CCCCCCCCCCCCCCCCCC(=O)CCC(COP(=O)([O-])OCCCC(=O)CCOC(=O)CCOCCOCC)OC(=O)CCCCCCCCCCCCCCCCC. The molecule has 0 fully saturated rings. The van der Waals surface area contributed by atoms with E-state index in [0.29, 0.717) is 45.5 Å². The van der Waals surface area contributed by atoms with Crippen molar-refractivity contribution in [1.82, 2.24) is 5.32 Å². The van der Waals surface area contributed by atoms with Crippen molar-refractivity contribution in [3.8, 4) is 0 Å². The van der Waals surface area contributed by atoms with E-state index in [9.17, 15) is 57.3 Å². The Balaban J connectivity index is 0. The second-order valence-electron chi connectivity index (χ2n) is 32.7. The van der Waals surface area contributed by atoms with E-state index in [1.54, 1.807) is 6.92 Å². The normalized spacial score (nSPS) is 12.9. The van der Waals surface area contributed by atoms with Gasteiger partial charge in [-0.15, -0.1) is 0 Å². The Labute approximate surface area is 729 Å². The molecule has 0 saturated carbocycles. The number of carbonyl (C=O) groups is 8. The summed E-state index contributed by atoms with van der Waals surface area (Å²) in [6, 6.07) is 0. The zero-order valence-electron chi connectivity index (χ0n) is 77.1. The summed E-state index contributed by atoms with van der Waals surface area (Å²) in [5.74, 6) is -2.83. The quantitative estimate of drug-likeness (QED) is 0.0256. The van der Waals surface area contributed by atoms with Crippen LogP contribution in [0.5, 0.6) is 0 Å². The lowest BCUT2D eigenvalue weighted by Crippen LogP contribution is -2.31. The minimum Gasteiger partial charge on any atom is -0.756 e. The average Bonchev–Trinajstić information content (AvgIpc) is 0.911. The van der Waals surface area contributed by atoms with Gasteiger partial charge in [0.25, 0.3) is 15.6 Å². The van der Waals surface area contributed by atoms with Crippen LogP contribution in [0.3, 0.4) is 0 Å². The summed E-state index contributed by atoms with van der Waals surface area (Å²) in [5.41, 5.74) is 0. The molecule has 0 rings (SSSR count). The summed E-state index contributed by atoms with van der Waals surface area (Å²) in [5, 5.41) is 2.47. The van der Waals surface area contributed by atoms with E-state index in [1.807, 2.05) is 6.92 Å². The van der Waals surface area contributed by atoms with Gasteiger partial charge in [-0.05, 0) is 45.4 Å². The van der Waals surface area contributed by atoms with Crippen molar-refractivity contribution >= 4 is 63.0 Å². The number of Topliss-reactive ketones (excluding diaryl/α,β-unsaturated/α-hetero) is 2. The van der Waals surface area contributed by atoms with Gasteiger partial charge in [0.2, 0.25) is 5.91 Å². The van der Waals surface area contributed by atoms with Gasteiger partial charge < -0.3 is 66.4 Å². The summed E-state index contributed by atoms with van der Waals surface area (Å²) >= 11 is 0.